The third kappa shape index (κ3) is 3.36. The minimum atomic E-state index is -1.83. The van der Waals surface area contributed by atoms with E-state index < -0.39 is 73.9 Å². The van der Waals surface area contributed by atoms with Crippen molar-refractivity contribution in [3.63, 3.8) is 0 Å². The van der Waals surface area contributed by atoms with Gasteiger partial charge in [0.1, 0.15) is 61.0 Å². The van der Waals surface area contributed by atoms with E-state index >= 15 is 0 Å². The van der Waals surface area contributed by atoms with Crippen LogP contribution in [0.15, 0.2) is 0 Å². The van der Waals surface area contributed by atoms with Crippen LogP contribution in [0.2, 0.25) is 0 Å². The van der Waals surface area contributed by atoms with Gasteiger partial charge in [0.05, 0.1) is 6.61 Å². The number of ether oxygens (including phenoxy) is 2. The summed E-state index contributed by atoms with van der Waals surface area (Å²) in [6.07, 6.45) is -18.9. The molecule has 0 radical (unpaired) electrons. The average molecular weight is 342 g/mol. The molecule has 11 heteroatoms. The fourth-order valence-electron chi connectivity index (χ4n) is 2.69. The Bertz CT molecular complexity index is 377. The zero-order valence-corrected chi connectivity index (χ0v) is 11.9. The summed E-state index contributed by atoms with van der Waals surface area (Å²) in [4.78, 5) is 0. The standard InChI is InChI=1S/C12H22O11/c13-1-2-3(14)4(15)10(21)12(22-2)23-11-8(19)6(17)5(16)7(18)9(11)20/h2-21H,1H2/t2-,3-,4+,5?,6+,7+,8-,9+,10-,11?,12-/m1/s1. The zero-order valence-electron chi connectivity index (χ0n) is 11.9. The molecule has 2 rings (SSSR count). The molecule has 2 fully saturated rings. The molecular weight excluding hydrogens is 320 g/mol. The average Bonchev–Trinajstić information content (AvgIpc) is 2.54. The Morgan fingerprint density at radius 1 is 0.609 bits per heavy atom. The number of hydrogen-bond acceptors (Lipinski definition) is 11. The molecule has 136 valence electrons. The van der Waals surface area contributed by atoms with Crippen molar-refractivity contribution >= 4 is 0 Å². The molecule has 0 aromatic carbocycles. The van der Waals surface area contributed by atoms with Gasteiger partial charge in [0.15, 0.2) is 6.29 Å². The molecule has 1 aliphatic heterocycles. The highest BCUT2D eigenvalue weighted by molar-refractivity contribution is 5.00. The van der Waals surface area contributed by atoms with Crippen LogP contribution in [0.4, 0.5) is 0 Å². The van der Waals surface area contributed by atoms with Gasteiger partial charge in [-0.05, 0) is 0 Å². The maximum absolute atomic E-state index is 9.85. The summed E-state index contributed by atoms with van der Waals surface area (Å²) in [5.41, 5.74) is 0. The van der Waals surface area contributed by atoms with Crippen LogP contribution in [-0.2, 0) is 9.47 Å². The lowest BCUT2D eigenvalue weighted by Crippen LogP contribution is -2.67. The third-order valence-corrected chi connectivity index (χ3v) is 4.21. The molecule has 11 atom stereocenters. The summed E-state index contributed by atoms with van der Waals surface area (Å²) in [6.45, 7) is -0.704. The highest BCUT2D eigenvalue weighted by atomic mass is 16.7. The van der Waals surface area contributed by atoms with Gasteiger partial charge in [0.2, 0.25) is 0 Å². The summed E-state index contributed by atoms with van der Waals surface area (Å²) in [6, 6.07) is 0. The summed E-state index contributed by atoms with van der Waals surface area (Å²) in [7, 11) is 0. The van der Waals surface area contributed by atoms with Crippen LogP contribution in [0, 0.1) is 0 Å². The molecule has 1 saturated carbocycles. The smallest absolute Gasteiger partial charge is 0.187 e. The Morgan fingerprint density at radius 3 is 1.52 bits per heavy atom. The molecule has 1 saturated heterocycles. The summed E-state index contributed by atoms with van der Waals surface area (Å²) in [5, 5.41) is 86.6. The van der Waals surface area contributed by atoms with Crippen LogP contribution >= 0.6 is 0 Å². The lowest BCUT2D eigenvalue weighted by atomic mass is 9.84. The predicted octanol–water partition coefficient (Wildman–Crippen LogP) is -6.01. The second kappa shape index (κ2) is 7.21. The number of aliphatic hydroxyl groups is 9. The third-order valence-electron chi connectivity index (χ3n) is 4.21. The van der Waals surface area contributed by atoms with Crippen molar-refractivity contribution in [2.45, 2.75) is 67.3 Å². The van der Waals surface area contributed by atoms with E-state index in [1.807, 2.05) is 0 Å². The first-order valence-corrected chi connectivity index (χ1v) is 7.07. The molecule has 0 aromatic heterocycles. The molecule has 0 bridgehead atoms. The first kappa shape index (κ1) is 18.9. The van der Waals surface area contributed by atoms with E-state index in [0.29, 0.717) is 0 Å². The van der Waals surface area contributed by atoms with Gasteiger partial charge in [-0.1, -0.05) is 0 Å². The minimum absolute atomic E-state index is 0.704. The molecule has 0 aromatic rings. The van der Waals surface area contributed by atoms with Gasteiger partial charge in [0, 0.05) is 0 Å². The second-order valence-electron chi connectivity index (χ2n) is 5.75. The van der Waals surface area contributed by atoms with Crippen molar-refractivity contribution in [2.24, 2.45) is 0 Å². The highest BCUT2D eigenvalue weighted by Crippen LogP contribution is 2.29. The Kier molecular flexibility index (Phi) is 5.92. The predicted molar refractivity (Wildman–Crippen MR) is 68.7 cm³/mol. The number of hydrogen-bond donors (Lipinski definition) is 9. The topological polar surface area (TPSA) is 201 Å². The van der Waals surface area contributed by atoms with Gasteiger partial charge in [-0.3, -0.25) is 0 Å². The molecule has 11 nitrogen and oxygen atoms in total. The van der Waals surface area contributed by atoms with Gasteiger partial charge < -0.3 is 55.4 Å². The van der Waals surface area contributed by atoms with Gasteiger partial charge >= 0.3 is 0 Å². The maximum Gasteiger partial charge on any atom is 0.187 e. The second-order valence-corrected chi connectivity index (χ2v) is 5.75. The largest absolute Gasteiger partial charge is 0.394 e. The zero-order chi connectivity index (χ0) is 17.5. The van der Waals surface area contributed by atoms with Crippen molar-refractivity contribution in [3.05, 3.63) is 0 Å². The monoisotopic (exact) mass is 342 g/mol. The van der Waals surface area contributed by atoms with Gasteiger partial charge in [-0.2, -0.15) is 0 Å². The maximum atomic E-state index is 9.85. The first-order chi connectivity index (χ1) is 10.7. The SMILES string of the molecule is OC[C@H]1O[C@H](OC2[C@@H](O)[C@@H](O)C(O)[C@H](O)[C@H]2O)[C@H](O)[C@@H](O)[C@@H]1O. The highest BCUT2D eigenvalue weighted by Gasteiger charge is 2.52. The van der Waals surface area contributed by atoms with Crippen molar-refractivity contribution in [2.75, 3.05) is 6.61 Å². The van der Waals surface area contributed by atoms with E-state index in [-0.39, 0.29) is 0 Å². The normalized spacial score (nSPS) is 54.9. The van der Waals surface area contributed by atoms with Crippen molar-refractivity contribution < 1.29 is 55.4 Å². The van der Waals surface area contributed by atoms with E-state index in [4.69, 9.17) is 14.6 Å². The van der Waals surface area contributed by atoms with Crippen LogP contribution in [0.5, 0.6) is 0 Å². The Morgan fingerprint density at radius 2 is 1.04 bits per heavy atom. The molecule has 9 N–H and O–H groups in total. The summed E-state index contributed by atoms with van der Waals surface area (Å²) in [5.74, 6) is 0. The summed E-state index contributed by atoms with van der Waals surface area (Å²) < 4.78 is 10.2. The van der Waals surface area contributed by atoms with Gasteiger partial charge in [-0.25, -0.2) is 0 Å². The van der Waals surface area contributed by atoms with Crippen LogP contribution in [0.25, 0.3) is 0 Å². The number of rotatable bonds is 3. The molecule has 2 unspecified atom stereocenters. The summed E-state index contributed by atoms with van der Waals surface area (Å²) >= 11 is 0. The van der Waals surface area contributed by atoms with E-state index in [9.17, 15) is 40.9 Å². The molecule has 2 aliphatic rings. The fraction of sp³-hybridized carbons (Fsp3) is 1.00. The molecule has 23 heavy (non-hydrogen) atoms. The number of aliphatic hydroxyl groups excluding tert-OH is 9. The van der Waals surface area contributed by atoms with Crippen LogP contribution in [-0.4, -0.2) is 120 Å². The Balaban J connectivity index is 2.13. The van der Waals surface area contributed by atoms with E-state index in [0.717, 1.165) is 0 Å². The quantitative estimate of drug-likeness (QED) is 0.236. The Labute approximate surface area is 130 Å². The van der Waals surface area contributed by atoms with Crippen LogP contribution < -0.4 is 0 Å². The van der Waals surface area contributed by atoms with Gasteiger partial charge in [-0.15, -0.1) is 0 Å². The van der Waals surface area contributed by atoms with Crippen LogP contribution in [0.3, 0.4) is 0 Å². The first-order valence-electron chi connectivity index (χ1n) is 7.07. The van der Waals surface area contributed by atoms with Crippen molar-refractivity contribution in [1.82, 2.24) is 0 Å². The lowest BCUT2D eigenvalue weighted by Gasteiger charge is -2.45. The van der Waals surface area contributed by atoms with Crippen LogP contribution in [0.1, 0.15) is 0 Å². The van der Waals surface area contributed by atoms with Crippen molar-refractivity contribution in [3.8, 4) is 0 Å². The molecule has 1 aliphatic carbocycles. The van der Waals surface area contributed by atoms with E-state index in [2.05, 4.69) is 0 Å². The fourth-order valence-corrected chi connectivity index (χ4v) is 2.69. The van der Waals surface area contributed by atoms with Crippen molar-refractivity contribution in [1.29, 1.82) is 0 Å². The molecule has 0 spiro atoms. The Hall–Kier alpha value is -0.440. The molecule has 0 amide bonds. The van der Waals surface area contributed by atoms with Gasteiger partial charge in [0.25, 0.3) is 0 Å². The lowest BCUT2D eigenvalue weighted by molar-refractivity contribution is -0.339. The van der Waals surface area contributed by atoms with E-state index in [1.165, 1.54) is 0 Å². The minimum Gasteiger partial charge on any atom is -0.394 e. The van der Waals surface area contributed by atoms with E-state index in [1.54, 1.807) is 0 Å². The molecular formula is C12H22O11. The molecule has 1 heterocycles.